The zero-order chi connectivity index (χ0) is 14.5. The molecule has 0 aliphatic rings. The molecule has 0 bridgehead atoms. The molecule has 0 aliphatic carbocycles. The molecular weight excluding hydrogens is 284 g/mol. The summed E-state index contributed by atoms with van der Waals surface area (Å²) in [7, 11) is -1.21. The van der Waals surface area contributed by atoms with Gasteiger partial charge >= 0.3 is 0 Å². The number of nitro benzene ring substituents is 1. The van der Waals surface area contributed by atoms with Gasteiger partial charge in [0.05, 0.1) is 22.3 Å². The third kappa shape index (κ3) is 3.38. The topological polar surface area (TPSA) is 100 Å². The van der Waals surface area contributed by atoms with Crippen molar-refractivity contribution in [3.05, 3.63) is 40.7 Å². The summed E-state index contributed by atoms with van der Waals surface area (Å²) in [6, 6.07) is 5.81. The fourth-order valence-corrected chi connectivity index (χ4v) is 2.18. The molecule has 0 radical (unpaired) electrons. The fourth-order valence-electron chi connectivity index (χ4n) is 1.55. The van der Waals surface area contributed by atoms with E-state index in [1.807, 2.05) is 0 Å². The van der Waals surface area contributed by atoms with Crippen LogP contribution in [0.5, 0.6) is 5.75 Å². The molecule has 8 nitrogen and oxygen atoms in total. The SMILES string of the molecule is CS(=O)c1nncn1CCOc1ccc([N+](=O)[O-])cc1. The van der Waals surface area contributed by atoms with Crippen LogP contribution >= 0.6 is 0 Å². The van der Waals surface area contributed by atoms with Gasteiger partial charge in [-0.1, -0.05) is 0 Å². The highest BCUT2D eigenvalue weighted by atomic mass is 32.2. The summed E-state index contributed by atoms with van der Waals surface area (Å²) < 4.78 is 18.4. The molecule has 0 saturated carbocycles. The second kappa shape index (κ2) is 6.24. The van der Waals surface area contributed by atoms with E-state index in [2.05, 4.69) is 10.2 Å². The van der Waals surface area contributed by atoms with Crippen molar-refractivity contribution >= 4 is 16.5 Å². The molecule has 1 aromatic carbocycles. The van der Waals surface area contributed by atoms with Gasteiger partial charge in [0.2, 0.25) is 5.16 Å². The number of non-ortho nitro benzene ring substituents is 1. The lowest BCUT2D eigenvalue weighted by atomic mass is 10.3. The molecule has 0 fully saturated rings. The van der Waals surface area contributed by atoms with Crippen LogP contribution in [-0.4, -0.2) is 36.8 Å². The first-order valence-electron chi connectivity index (χ1n) is 5.66. The van der Waals surface area contributed by atoms with Crippen molar-refractivity contribution in [3.8, 4) is 5.75 Å². The molecule has 1 unspecified atom stereocenters. The van der Waals surface area contributed by atoms with E-state index in [1.54, 1.807) is 4.57 Å². The Kier molecular flexibility index (Phi) is 4.41. The van der Waals surface area contributed by atoms with Gasteiger partial charge in [0.15, 0.2) is 0 Å². The number of ether oxygens (including phenoxy) is 1. The van der Waals surface area contributed by atoms with Gasteiger partial charge in [0, 0.05) is 18.4 Å². The van der Waals surface area contributed by atoms with Crippen molar-refractivity contribution in [2.24, 2.45) is 0 Å². The van der Waals surface area contributed by atoms with Crippen molar-refractivity contribution in [1.82, 2.24) is 14.8 Å². The summed E-state index contributed by atoms with van der Waals surface area (Å²) in [6.45, 7) is 0.763. The Balaban J connectivity index is 1.91. The van der Waals surface area contributed by atoms with Crippen LogP contribution in [0.1, 0.15) is 0 Å². The first kappa shape index (κ1) is 14.1. The molecule has 1 aromatic heterocycles. The van der Waals surface area contributed by atoms with Crippen LogP contribution in [0.15, 0.2) is 35.7 Å². The highest BCUT2D eigenvalue weighted by Crippen LogP contribution is 2.17. The van der Waals surface area contributed by atoms with E-state index in [9.17, 15) is 14.3 Å². The monoisotopic (exact) mass is 296 g/mol. The van der Waals surface area contributed by atoms with E-state index in [1.165, 1.54) is 36.8 Å². The van der Waals surface area contributed by atoms with E-state index in [4.69, 9.17) is 4.74 Å². The quantitative estimate of drug-likeness (QED) is 0.582. The first-order valence-corrected chi connectivity index (χ1v) is 7.22. The minimum Gasteiger partial charge on any atom is -0.492 e. The molecule has 1 atom stereocenters. The van der Waals surface area contributed by atoms with Gasteiger partial charge in [-0.15, -0.1) is 10.2 Å². The second-order valence-electron chi connectivity index (χ2n) is 3.86. The van der Waals surface area contributed by atoms with Gasteiger partial charge in [0.1, 0.15) is 18.7 Å². The van der Waals surface area contributed by atoms with E-state index in [0.717, 1.165) is 0 Å². The smallest absolute Gasteiger partial charge is 0.269 e. The van der Waals surface area contributed by atoms with Crippen LogP contribution in [0.25, 0.3) is 0 Å². The van der Waals surface area contributed by atoms with Crippen LogP contribution in [0.2, 0.25) is 0 Å². The van der Waals surface area contributed by atoms with Gasteiger partial charge in [-0.25, -0.2) is 0 Å². The van der Waals surface area contributed by atoms with Gasteiger partial charge < -0.3 is 9.30 Å². The molecule has 0 amide bonds. The molecule has 0 aliphatic heterocycles. The molecule has 2 rings (SSSR count). The minimum absolute atomic E-state index is 0.0137. The normalized spacial score (nSPS) is 12.1. The average molecular weight is 296 g/mol. The van der Waals surface area contributed by atoms with E-state index < -0.39 is 15.7 Å². The van der Waals surface area contributed by atoms with Crippen LogP contribution in [0.4, 0.5) is 5.69 Å². The lowest BCUT2D eigenvalue weighted by molar-refractivity contribution is -0.384. The van der Waals surface area contributed by atoms with Gasteiger partial charge in [0.25, 0.3) is 5.69 Å². The Bertz CT molecular complexity index is 626. The Hall–Kier alpha value is -2.29. The summed E-state index contributed by atoms with van der Waals surface area (Å²) in [6.07, 6.45) is 3.01. The second-order valence-corrected chi connectivity index (χ2v) is 5.13. The number of aromatic nitrogens is 3. The number of rotatable bonds is 6. The molecule has 0 spiro atoms. The highest BCUT2D eigenvalue weighted by molar-refractivity contribution is 7.84. The molecular formula is C11H12N4O4S. The van der Waals surface area contributed by atoms with Gasteiger partial charge in [-0.2, -0.15) is 0 Å². The number of hydrogen-bond acceptors (Lipinski definition) is 6. The first-order chi connectivity index (χ1) is 9.58. The molecule has 20 heavy (non-hydrogen) atoms. The molecule has 0 N–H and O–H groups in total. The number of nitrogens with zero attached hydrogens (tertiary/aromatic N) is 4. The van der Waals surface area contributed by atoms with E-state index in [-0.39, 0.29) is 5.69 Å². The van der Waals surface area contributed by atoms with Crippen molar-refractivity contribution < 1.29 is 13.9 Å². The summed E-state index contributed by atoms with van der Waals surface area (Å²) in [5.74, 6) is 0.530. The Morgan fingerprint density at radius 2 is 2.10 bits per heavy atom. The highest BCUT2D eigenvalue weighted by Gasteiger charge is 2.08. The molecule has 2 aromatic rings. The summed E-state index contributed by atoms with van der Waals surface area (Å²) >= 11 is 0. The van der Waals surface area contributed by atoms with Crippen LogP contribution < -0.4 is 4.74 Å². The molecule has 106 valence electrons. The average Bonchev–Trinajstić information content (AvgIpc) is 2.88. The van der Waals surface area contributed by atoms with Crippen molar-refractivity contribution in [2.75, 3.05) is 12.9 Å². The maximum atomic E-state index is 11.3. The van der Waals surface area contributed by atoms with Crippen LogP contribution in [-0.2, 0) is 17.3 Å². The maximum absolute atomic E-state index is 11.3. The lowest BCUT2D eigenvalue weighted by Crippen LogP contribution is -2.11. The van der Waals surface area contributed by atoms with Crippen LogP contribution in [0.3, 0.4) is 0 Å². The van der Waals surface area contributed by atoms with Crippen molar-refractivity contribution in [3.63, 3.8) is 0 Å². The summed E-state index contributed by atoms with van der Waals surface area (Å²) in [5, 5.41) is 18.3. The largest absolute Gasteiger partial charge is 0.492 e. The molecule has 1 heterocycles. The third-order valence-electron chi connectivity index (χ3n) is 2.49. The minimum atomic E-state index is -1.21. The Labute approximate surface area is 117 Å². The third-order valence-corrected chi connectivity index (χ3v) is 3.32. The fraction of sp³-hybridized carbons (Fsp3) is 0.273. The van der Waals surface area contributed by atoms with Crippen molar-refractivity contribution in [2.45, 2.75) is 11.7 Å². The summed E-state index contributed by atoms with van der Waals surface area (Å²) in [4.78, 5) is 10.0. The molecule has 0 saturated heterocycles. The van der Waals surface area contributed by atoms with E-state index >= 15 is 0 Å². The zero-order valence-electron chi connectivity index (χ0n) is 10.6. The predicted molar refractivity (Wildman–Crippen MR) is 70.9 cm³/mol. The van der Waals surface area contributed by atoms with Gasteiger partial charge in [-0.3, -0.25) is 14.3 Å². The van der Waals surface area contributed by atoms with Crippen molar-refractivity contribution in [1.29, 1.82) is 0 Å². The predicted octanol–water partition coefficient (Wildman–Crippen LogP) is 1.00. The zero-order valence-corrected chi connectivity index (χ0v) is 11.4. The summed E-state index contributed by atoms with van der Waals surface area (Å²) in [5.41, 5.74) is 0.0137. The maximum Gasteiger partial charge on any atom is 0.269 e. The Morgan fingerprint density at radius 1 is 1.40 bits per heavy atom. The number of hydrogen-bond donors (Lipinski definition) is 0. The van der Waals surface area contributed by atoms with E-state index in [0.29, 0.717) is 24.1 Å². The molecule has 9 heteroatoms. The van der Waals surface area contributed by atoms with Crippen LogP contribution in [0, 0.1) is 10.1 Å². The number of benzene rings is 1. The van der Waals surface area contributed by atoms with Gasteiger partial charge in [-0.05, 0) is 12.1 Å². The Morgan fingerprint density at radius 3 is 2.70 bits per heavy atom. The standard InChI is InChI=1S/C11H12N4O4S/c1-20(18)11-13-12-8-14(11)6-7-19-10-4-2-9(3-5-10)15(16)17/h2-5,8H,6-7H2,1H3. The number of nitro groups is 1. The lowest BCUT2D eigenvalue weighted by Gasteiger charge is -2.07.